The van der Waals surface area contributed by atoms with Gasteiger partial charge in [0.2, 0.25) is 0 Å². The lowest BCUT2D eigenvalue weighted by Crippen LogP contribution is -2.39. The van der Waals surface area contributed by atoms with E-state index >= 15 is 0 Å². The molecule has 4 heteroatoms. The molecule has 3 unspecified atom stereocenters. The van der Waals surface area contributed by atoms with Crippen LogP contribution >= 0.6 is 0 Å². The average Bonchev–Trinajstić information content (AvgIpc) is 3.05. The Morgan fingerprint density at radius 3 is 3.05 bits per heavy atom. The summed E-state index contributed by atoms with van der Waals surface area (Å²) in [5.74, 6) is 2.96. The van der Waals surface area contributed by atoms with Crippen molar-refractivity contribution in [3.05, 3.63) is 18.6 Å². The Labute approximate surface area is 113 Å². The van der Waals surface area contributed by atoms with Gasteiger partial charge in [0.1, 0.15) is 17.8 Å². The van der Waals surface area contributed by atoms with Crippen molar-refractivity contribution in [2.45, 2.75) is 38.1 Å². The highest BCUT2D eigenvalue weighted by Gasteiger charge is 2.38. The van der Waals surface area contributed by atoms with Gasteiger partial charge < -0.3 is 9.88 Å². The molecule has 100 valence electrons. The van der Waals surface area contributed by atoms with E-state index in [1.165, 1.54) is 32.1 Å². The van der Waals surface area contributed by atoms with Crippen LogP contribution in [0.5, 0.6) is 0 Å². The van der Waals surface area contributed by atoms with Gasteiger partial charge in [0.15, 0.2) is 0 Å². The van der Waals surface area contributed by atoms with Gasteiger partial charge in [-0.25, -0.2) is 9.97 Å². The Balaban J connectivity index is 1.69. The minimum atomic E-state index is 0.659. The number of H-pyrrole nitrogens is 1. The highest BCUT2D eigenvalue weighted by molar-refractivity contribution is 5.87. The average molecular weight is 256 g/mol. The van der Waals surface area contributed by atoms with E-state index in [4.69, 9.17) is 0 Å². The maximum absolute atomic E-state index is 4.53. The number of nitrogens with zero attached hydrogens (tertiary/aromatic N) is 3. The maximum Gasteiger partial charge on any atom is 0.142 e. The molecule has 2 bridgehead atoms. The van der Waals surface area contributed by atoms with Crippen LogP contribution in [-0.2, 0) is 0 Å². The molecule has 3 atom stereocenters. The minimum Gasteiger partial charge on any atom is -0.356 e. The van der Waals surface area contributed by atoms with Crippen LogP contribution in [0.1, 0.15) is 32.1 Å². The van der Waals surface area contributed by atoms with Crippen LogP contribution in [0, 0.1) is 11.8 Å². The van der Waals surface area contributed by atoms with E-state index in [2.05, 4.69) is 33.0 Å². The van der Waals surface area contributed by atoms with Crippen LogP contribution < -0.4 is 4.90 Å². The van der Waals surface area contributed by atoms with Gasteiger partial charge in [-0.05, 0) is 43.6 Å². The summed E-state index contributed by atoms with van der Waals surface area (Å²) in [5.41, 5.74) is 0.942. The summed E-state index contributed by atoms with van der Waals surface area (Å²) in [6, 6.07) is 2.74. The van der Waals surface area contributed by atoms with Gasteiger partial charge in [-0.2, -0.15) is 0 Å². The quantitative estimate of drug-likeness (QED) is 0.898. The first-order valence-electron chi connectivity index (χ1n) is 7.34. The van der Waals surface area contributed by atoms with E-state index in [-0.39, 0.29) is 0 Å². The molecule has 0 radical (unpaired) electrons. The first kappa shape index (κ1) is 11.3. The topological polar surface area (TPSA) is 44.8 Å². The third-order valence-electron chi connectivity index (χ3n) is 5.16. The first-order chi connectivity index (χ1) is 9.33. The molecule has 2 aliphatic carbocycles. The fraction of sp³-hybridized carbons (Fsp3) is 0.600. The van der Waals surface area contributed by atoms with Crippen molar-refractivity contribution in [2.75, 3.05) is 11.9 Å². The molecular weight excluding hydrogens is 236 g/mol. The highest BCUT2D eigenvalue weighted by Crippen LogP contribution is 2.44. The van der Waals surface area contributed by atoms with E-state index < -0.39 is 0 Å². The van der Waals surface area contributed by atoms with Crippen molar-refractivity contribution >= 4 is 16.9 Å². The van der Waals surface area contributed by atoms with Gasteiger partial charge in [-0.1, -0.05) is 6.42 Å². The lowest BCUT2D eigenvalue weighted by molar-refractivity contribution is 0.305. The summed E-state index contributed by atoms with van der Waals surface area (Å²) >= 11 is 0. The number of rotatable bonds is 2. The molecule has 2 saturated carbocycles. The van der Waals surface area contributed by atoms with Crippen LogP contribution in [0.15, 0.2) is 18.6 Å². The second-order valence-corrected chi connectivity index (χ2v) is 6.13. The van der Waals surface area contributed by atoms with Crippen molar-refractivity contribution in [1.82, 2.24) is 15.0 Å². The Morgan fingerprint density at radius 2 is 2.11 bits per heavy atom. The SMILES string of the molecule is CN(c1ncnc2[nH]ccc12)C1CCC2CCC1C2. The fourth-order valence-electron chi connectivity index (χ4n) is 4.17. The Kier molecular flexibility index (Phi) is 2.50. The summed E-state index contributed by atoms with van der Waals surface area (Å²) in [7, 11) is 2.21. The molecule has 0 spiro atoms. The molecule has 0 amide bonds. The Bertz CT molecular complexity index is 591. The zero-order valence-corrected chi connectivity index (χ0v) is 11.3. The number of hydrogen-bond donors (Lipinski definition) is 1. The van der Waals surface area contributed by atoms with Crippen molar-refractivity contribution in [3.8, 4) is 0 Å². The maximum atomic E-state index is 4.53. The molecule has 4 nitrogen and oxygen atoms in total. The lowest BCUT2D eigenvalue weighted by Gasteiger charge is -2.37. The third kappa shape index (κ3) is 1.73. The normalized spacial score (nSPS) is 29.8. The first-order valence-corrected chi connectivity index (χ1v) is 7.34. The van der Waals surface area contributed by atoms with E-state index in [0.29, 0.717) is 6.04 Å². The van der Waals surface area contributed by atoms with Crippen molar-refractivity contribution in [3.63, 3.8) is 0 Å². The molecule has 0 saturated heterocycles. The van der Waals surface area contributed by atoms with E-state index in [0.717, 1.165) is 28.7 Å². The Morgan fingerprint density at radius 1 is 1.21 bits per heavy atom. The van der Waals surface area contributed by atoms with Crippen LogP contribution in [0.4, 0.5) is 5.82 Å². The largest absolute Gasteiger partial charge is 0.356 e. The van der Waals surface area contributed by atoms with E-state index in [9.17, 15) is 0 Å². The molecule has 19 heavy (non-hydrogen) atoms. The monoisotopic (exact) mass is 256 g/mol. The molecule has 0 aliphatic heterocycles. The van der Waals surface area contributed by atoms with Crippen molar-refractivity contribution in [1.29, 1.82) is 0 Å². The second kappa shape index (κ2) is 4.22. The van der Waals surface area contributed by atoms with Crippen molar-refractivity contribution < 1.29 is 0 Å². The van der Waals surface area contributed by atoms with Gasteiger partial charge in [0.25, 0.3) is 0 Å². The molecule has 0 aromatic carbocycles. The predicted molar refractivity (Wildman–Crippen MR) is 76.1 cm³/mol. The molecule has 1 N–H and O–H groups in total. The number of aromatic nitrogens is 3. The number of hydrogen-bond acceptors (Lipinski definition) is 3. The minimum absolute atomic E-state index is 0.659. The smallest absolute Gasteiger partial charge is 0.142 e. The molecule has 4 rings (SSSR count). The number of nitrogens with one attached hydrogen (secondary N) is 1. The summed E-state index contributed by atoms with van der Waals surface area (Å²) in [5, 5.41) is 1.14. The van der Waals surface area contributed by atoms with Gasteiger partial charge in [0.05, 0.1) is 5.39 Å². The third-order valence-corrected chi connectivity index (χ3v) is 5.16. The van der Waals surface area contributed by atoms with Crippen LogP contribution in [0.2, 0.25) is 0 Å². The Hall–Kier alpha value is -1.58. The number of aromatic amines is 1. The van der Waals surface area contributed by atoms with Gasteiger partial charge in [0, 0.05) is 19.3 Å². The molecular formula is C15H20N4. The van der Waals surface area contributed by atoms with Gasteiger partial charge in [-0.3, -0.25) is 0 Å². The summed E-state index contributed by atoms with van der Waals surface area (Å²) in [4.78, 5) is 14.4. The van der Waals surface area contributed by atoms with E-state index in [1.807, 2.05) is 6.20 Å². The lowest BCUT2D eigenvalue weighted by atomic mass is 9.84. The predicted octanol–water partition coefficient (Wildman–Crippen LogP) is 2.97. The van der Waals surface area contributed by atoms with E-state index in [1.54, 1.807) is 6.33 Å². The summed E-state index contributed by atoms with van der Waals surface area (Å²) in [6.07, 6.45) is 10.6. The molecule has 2 heterocycles. The van der Waals surface area contributed by atoms with Crippen LogP contribution in [0.25, 0.3) is 11.0 Å². The van der Waals surface area contributed by atoms with Crippen LogP contribution in [0.3, 0.4) is 0 Å². The molecule has 2 fully saturated rings. The zero-order valence-electron chi connectivity index (χ0n) is 11.3. The molecule has 2 aliphatic rings. The molecule has 2 aromatic heterocycles. The second-order valence-electron chi connectivity index (χ2n) is 6.13. The summed E-state index contributed by atoms with van der Waals surface area (Å²) in [6.45, 7) is 0. The van der Waals surface area contributed by atoms with Crippen molar-refractivity contribution in [2.24, 2.45) is 11.8 Å². The van der Waals surface area contributed by atoms with Gasteiger partial charge >= 0.3 is 0 Å². The van der Waals surface area contributed by atoms with Crippen LogP contribution in [-0.4, -0.2) is 28.0 Å². The summed E-state index contributed by atoms with van der Waals surface area (Å²) < 4.78 is 0. The fourth-order valence-corrected chi connectivity index (χ4v) is 4.17. The number of fused-ring (bicyclic) bond motifs is 3. The highest BCUT2D eigenvalue weighted by atomic mass is 15.2. The standard InChI is InChI=1S/C15H20N4/c1-19(13-5-3-10-2-4-11(13)8-10)15-12-6-7-16-14(12)17-9-18-15/h6-7,9-11,13H,2-5,8H2,1H3,(H,16,17,18). The molecule has 2 aromatic rings. The zero-order chi connectivity index (χ0) is 12.8. The number of anilines is 1. The van der Waals surface area contributed by atoms with Gasteiger partial charge in [-0.15, -0.1) is 0 Å².